The molecule has 1 heterocycles. The molecular formula is C13H23N5O. The summed E-state index contributed by atoms with van der Waals surface area (Å²) in [6, 6.07) is 0.577. The fourth-order valence-electron chi connectivity index (χ4n) is 1.51. The monoisotopic (exact) mass is 265 g/mol. The molecule has 1 aromatic rings. The smallest absolute Gasteiger partial charge is 0.232 e. The maximum atomic E-state index is 5.24. The molecule has 0 unspecified atom stereocenters. The molecule has 1 fully saturated rings. The van der Waals surface area contributed by atoms with Gasteiger partial charge in [-0.05, 0) is 19.8 Å². The van der Waals surface area contributed by atoms with Crippen LogP contribution in [0, 0.1) is 0 Å². The van der Waals surface area contributed by atoms with E-state index in [1.165, 1.54) is 12.8 Å². The van der Waals surface area contributed by atoms with Crippen LogP contribution >= 0.6 is 0 Å². The zero-order valence-corrected chi connectivity index (χ0v) is 12.2. The van der Waals surface area contributed by atoms with Crippen LogP contribution in [0.5, 0.6) is 0 Å². The summed E-state index contributed by atoms with van der Waals surface area (Å²) >= 11 is 0. The highest BCUT2D eigenvalue weighted by Crippen LogP contribution is 2.20. The summed E-state index contributed by atoms with van der Waals surface area (Å²) in [5.41, 5.74) is -0.119. The molecule has 6 heteroatoms. The van der Waals surface area contributed by atoms with E-state index in [-0.39, 0.29) is 5.41 Å². The first-order valence-corrected chi connectivity index (χ1v) is 6.87. The van der Waals surface area contributed by atoms with Crippen LogP contribution in [-0.2, 0) is 12.0 Å². The number of aromatic nitrogens is 2. The van der Waals surface area contributed by atoms with Gasteiger partial charge in [0.25, 0.3) is 0 Å². The molecule has 0 spiro atoms. The molecule has 1 aliphatic carbocycles. The van der Waals surface area contributed by atoms with E-state index < -0.39 is 0 Å². The molecule has 106 valence electrons. The normalized spacial score (nSPS) is 16.5. The minimum absolute atomic E-state index is 0.119. The Labute approximate surface area is 114 Å². The van der Waals surface area contributed by atoms with Gasteiger partial charge in [0.1, 0.15) is 6.54 Å². The van der Waals surface area contributed by atoms with Gasteiger partial charge >= 0.3 is 0 Å². The summed E-state index contributed by atoms with van der Waals surface area (Å²) in [5.74, 6) is 2.10. The fraction of sp³-hybridized carbons (Fsp3) is 0.769. The van der Waals surface area contributed by atoms with Gasteiger partial charge in [0.05, 0.1) is 0 Å². The first-order chi connectivity index (χ1) is 8.99. The topological polar surface area (TPSA) is 75.3 Å². The molecule has 1 aliphatic rings. The van der Waals surface area contributed by atoms with Crippen molar-refractivity contribution >= 4 is 5.96 Å². The van der Waals surface area contributed by atoms with Crippen molar-refractivity contribution in [3.63, 3.8) is 0 Å². The molecule has 0 aliphatic heterocycles. The third-order valence-corrected chi connectivity index (χ3v) is 2.75. The lowest BCUT2D eigenvalue weighted by Gasteiger charge is -2.10. The maximum Gasteiger partial charge on any atom is 0.232 e. The van der Waals surface area contributed by atoms with E-state index >= 15 is 0 Å². The second-order valence-electron chi connectivity index (χ2n) is 5.88. The molecule has 19 heavy (non-hydrogen) atoms. The maximum absolute atomic E-state index is 5.24. The van der Waals surface area contributed by atoms with Gasteiger partial charge in [-0.2, -0.15) is 4.98 Å². The third-order valence-electron chi connectivity index (χ3n) is 2.75. The number of nitrogens with one attached hydrogen (secondary N) is 2. The van der Waals surface area contributed by atoms with Gasteiger partial charge in [0, 0.05) is 18.0 Å². The van der Waals surface area contributed by atoms with Crippen molar-refractivity contribution in [2.45, 2.75) is 58.5 Å². The van der Waals surface area contributed by atoms with Crippen molar-refractivity contribution in [2.75, 3.05) is 6.54 Å². The van der Waals surface area contributed by atoms with Gasteiger partial charge < -0.3 is 15.2 Å². The van der Waals surface area contributed by atoms with E-state index in [0.29, 0.717) is 24.3 Å². The van der Waals surface area contributed by atoms with Crippen molar-refractivity contribution in [1.82, 2.24) is 20.8 Å². The zero-order valence-electron chi connectivity index (χ0n) is 12.2. The Kier molecular flexibility index (Phi) is 4.07. The van der Waals surface area contributed by atoms with Crippen molar-refractivity contribution in [2.24, 2.45) is 4.99 Å². The average molecular weight is 265 g/mol. The molecule has 6 nitrogen and oxygen atoms in total. The second-order valence-corrected chi connectivity index (χ2v) is 5.88. The number of aliphatic imine (C=N–C) groups is 1. The molecular weight excluding hydrogens is 242 g/mol. The number of rotatable bonds is 4. The molecule has 1 saturated carbocycles. The fourth-order valence-corrected chi connectivity index (χ4v) is 1.51. The summed E-state index contributed by atoms with van der Waals surface area (Å²) in [6.45, 7) is 9.47. The molecule has 0 saturated heterocycles. The largest absolute Gasteiger partial charge is 0.357 e. The Balaban J connectivity index is 1.96. The van der Waals surface area contributed by atoms with Crippen LogP contribution in [0.15, 0.2) is 9.52 Å². The van der Waals surface area contributed by atoms with Crippen molar-refractivity contribution < 1.29 is 4.52 Å². The minimum Gasteiger partial charge on any atom is -0.357 e. The van der Waals surface area contributed by atoms with Crippen molar-refractivity contribution in [3.05, 3.63) is 11.7 Å². The Bertz CT molecular complexity index is 442. The lowest BCUT2D eigenvalue weighted by molar-refractivity contribution is 0.318. The van der Waals surface area contributed by atoms with E-state index in [9.17, 15) is 0 Å². The molecule has 0 aromatic carbocycles. The SMILES string of the molecule is CCNC(=NCc1noc(C(C)(C)C)n1)NC1CC1. The summed E-state index contributed by atoms with van der Waals surface area (Å²) < 4.78 is 5.24. The highest BCUT2D eigenvalue weighted by atomic mass is 16.5. The first-order valence-electron chi connectivity index (χ1n) is 6.87. The van der Waals surface area contributed by atoms with Crippen molar-refractivity contribution in [1.29, 1.82) is 0 Å². The highest BCUT2D eigenvalue weighted by Gasteiger charge is 2.23. The Morgan fingerprint density at radius 1 is 1.42 bits per heavy atom. The molecule has 0 bridgehead atoms. The molecule has 0 radical (unpaired) electrons. The Morgan fingerprint density at radius 3 is 2.68 bits per heavy atom. The lowest BCUT2D eigenvalue weighted by atomic mass is 9.97. The van der Waals surface area contributed by atoms with Crippen LogP contribution in [0.1, 0.15) is 52.3 Å². The van der Waals surface area contributed by atoms with Gasteiger partial charge in [-0.3, -0.25) is 0 Å². The quantitative estimate of drug-likeness (QED) is 0.638. The summed E-state index contributed by atoms with van der Waals surface area (Å²) in [7, 11) is 0. The number of nitrogens with zero attached hydrogens (tertiary/aromatic N) is 3. The molecule has 0 atom stereocenters. The summed E-state index contributed by atoms with van der Waals surface area (Å²) in [5, 5.41) is 10.5. The van der Waals surface area contributed by atoms with E-state index in [4.69, 9.17) is 4.52 Å². The Morgan fingerprint density at radius 2 is 2.16 bits per heavy atom. The average Bonchev–Trinajstić information content (AvgIpc) is 3.00. The van der Waals surface area contributed by atoms with Gasteiger partial charge in [-0.15, -0.1) is 0 Å². The highest BCUT2D eigenvalue weighted by molar-refractivity contribution is 5.80. The minimum atomic E-state index is -0.119. The zero-order chi connectivity index (χ0) is 13.9. The van der Waals surface area contributed by atoms with Crippen LogP contribution in [0.4, 0.5) is 0 Å². The van der Waals surface area contributed by atoms with Gasteiger partial charge in [-0.1, -0.05) is 25.9 Å². The number of guanidine groups is 1. The van der Waals surface area contributed by atoms with E-state index in [0.717, 1.165) is 12.5 Å². The molecule has 2 rings (SSSR count). The number of hydrogen-bond acceptors (Lipinski definition) is 4. The van der Waals surface area contributed by atoms with Crippen LogP contribution < -0.4 is 10.6 Å². The predicted octanol–water partition coefficient (Wildman–Crippen LogP) is 1.58. The van der Waals surface area contributed by atoms with E-state index in [1.54, 1.807) is 0 Å². The molecule has 0 amide bonds. The van der Waals surface area contributed by atoms with Gasteiger partial charge in [-0.25, -0.2) is 4.99 Å². The van der Waals surface area contributed by atoms with E-state index in [2.05, 4.69) is 32.7 Å². The Hall–Kier alpha value is -1.59. The molecule has 2 N–H and O–H groups in total. The van der Waals surface area contributed by atoms with Crippen LogP contribution in [-0.4, -0.2) is 28.7 Å². The molecule has 1 aromatic heterocycles. The van der Waals surface area contributed by atoms with E-state index in [1.807, 2.05) is 20.8 Å². The standard InChI is InChI=1S/C13H23N5O/c1-5-14-12(16-9-6-7-9)15-8-10-17-11(19-18-10)13(2,3)4/h9H,5-8H2,1-4H3,(H2,14,15,16). The van der Waals surface area contributed by atoms with Gasteiger partial charge in [0.2, 0.25) is 5.89 Å². The summed E-state index contributed by atoms with van der Waals surface area (Å²) in [6.07, 6.45) is 2.45. The van der Waals surface area contributed by atoms with Crippen LogP contribution in [0.3, 0.4) is 0 Å². The van der Waals surface area contributed by atoms with Gasteiger partial charge in [0.15, 0.2) is 11.8 Å². The lowest BCUT2D eigenvalue weighted by Crippen LogP contribution is -2.38. The predicted molar refractivity (Wildman–Crippen MR) is 74.0 cm³/mol. The first kappa shape index (κ1) is 13.8. The summed E-state index contributed by atoms with van der Waals surface area (Å²) in [4.78, 5) is 8.84. The van der Waals surface area contributed by atoms with Crippen LogP contribution in [0.2, 0.25) is 0 Å². The van der Waals surface area contributed by atoms with Crippen molar-refractivity contribution in [3.8, 4) is 0 Å². The second kappa shape index (κ2) is 5.59. The third kappa shape index (κ3) is 4.22. The van der Waals surface area contributed by atoms with Crippen LogP contribution in [0.25, 0.3) is 0 Å². The number of hydrogen-bond donors (Lipinski definition) is 2.